The molecule has 0 saturated carbocycles. The van der Waals surface area contributed by atoms with Crippen LogP contribution in [0.2, 0.25) is 10.0 Å². The van der Waals surface area contributed by atoms with Crippen molar-refractivity contribution in [1.29, 1.82) is 0 Å². The Balaban J connectivity index is 2.04. The van der Waals surface area contributed by atoms with Gasteiger partial charge in [-0.05, 0) is 48.1 Å². The molecule has 2 aromatic carbocycles. The maximum atomic E-state index is 13.2. The van der Waals surface area contributed by atoms with Gasteiger partial charge in [0.2, 0.25) is 4.77 Å². The second-order valence-electron chi connectivity index (χ2n) is 4.59. The number of hydrogen-bond acceptors (Lipinski definition) is 3. The fourth-order valence-corrected chi connectivity index (χ4v) is 2.63. The van der Waals surface area contributed by atoms with Gasteiger partial charge in [-0.2, -0.15) is 14.9 Å². The maximum absolute atomic E-state index is 13.2. The van der Waals surface area contributed by atoms with Crippen LogP contribution in [-0.4, -0.2) is 21.1 Å². The second-order valence-corrected chi connectivity index (χ2v) is 5.82. The van der Waals surface area contributed by atoms with Gasteiger partial charge >= 0.3 is 0 Å². The van der Waals surface area contributed by atoms with Gasteiger partial charge in [-0.15, -0.1) is 0 Å². The van der Waals surface area contributed by atoms with E-state index in [-0.39, 0.29) is 5.82 Å². The average molecular weight is 367 g/mol. The Morgan fingerprint density at radius 1 is 1.22 bits per heavy atom. The van der Waals surface area contributed by atoms with E-state index in [0.29, 0.717) is 31.8 Å². The van der Waals surface area contributed by atoms with E-state index < -0.39 is 0 Å². The Morgan fingerprint density at radius 3 is 2.78 bits per heavy atom. The lowest BCUT2D eigenvalue weighted by Crippen LogP contribution is -1.96. The summed E-state index contributed by atoms with van der Waals surface area (Å²) in [5.41, 5.74) is 1.22. The molecule has 0 aliphatic carbocycles. The fourth-order valence-electron chi connectivity index (χ4n) is 1.96. The summed E-state index contributed by atoms with van der Waals surface area (Å²) in [4.78, 5) is 0. The van der Waals surface area contributed by atoms with Crippen molar-refractivity contribution in [2.75, 3.05) is 0 Å². The minimum atomic E-state index is -0.342. The molecule has 0 amide bonds. The summed E-state index contributed by atoms with van der Waals surface area (Å²) in [6, 6.07) is 11.1. The Labute approximate surface area is 146 Å². The van der Waals surface area contributed by atoms with Crippen molar-refractivity contribution in [3.05, 3.63) is 68.7 Å². The largest absolute Gasteiger partial charge is 0.250 e. The molecule has 0 unspecified atom stereocenters. The Morgan fingerprint density at radius 2 is 2.04 bits per heavy atom. The van der Waals surface area contributed by atoms with E-state index in [1.165, 1.54) is 23.0 Å². The number of nitrogens with zero attached hydrogens (tertiary/aromatic N) is 3. The highest BCUT2D eigenvalue weighted by molar-refractivity contribution is 7.71. The molecule has 23 heavy (non-hydrogen) atoms. The smallest absolute Gasteiger partial charge is 0.216 e. The summed E-state index contributed by atoms with van der Waals surface area (Å²) in [6.07, 6.45) is 1.49. The third-order valence-corrected chi connectivity index (χ3v) is 3.81. The molecular formula is C15H9Cl2FN4S. The number of hydrogen-bond donors (Lipinski definition) is 1. The number of benzene rings is 2. The topological polar surface area (TPSA) is 46.0 Å². The number of nitrogens with one attached hydrogen (secondary N) is 1. The Kier molecular flexibility index (Phi) is 4.56. The van der Waals surface area contributed by atoms with Crippen LogP contribution < -0.4 is 0 Å². The monoisotopic (exact) mass is 366 g/mol. The summed E-state index contributed by atoms with van der Waals surface area (Å²) >= 11 is 17.3. The average Bonchev–Trinajstić information content (AvgIpc) is 2.86. The van der Waals surface area contributed by atoms with E-state index in [0.717, 1.165) is 0 Å². The highest BCUT2D eigenvalue weighted by atomic mass is 35.5. The standard InChI is InChI=1S/C15H9Cl2FN4S/c16-10-4-5-12(13(17)7-10)14-20-21-15(23)22(14)19-8-9-2-1-3-11(18)6-9/h1-8H,(H,21,23)/b19-8-. The quantitative estimate of drug-likeness (QED) is 0.527. The molecule has 0 atom stereocenters. The number of rotatable bonds is 3. The molecule has 0 aliphatic heterocycles. The van der Waals surface area contributed by atoms with Crippen LogP contribution in [0.3, 0.4) is 0 Å². The van der Waals surface area contributed by atoms with Gasteiger partial charge in [0.05, 0.1) is 11.2 Å². The van der Waals surface area contributed by atoms with Gasteiger partial charge in [-0.1, -0.05) is 35.3 Å². The molecule has 0 saturated heterocycles. The van der Waals surface area contributed by atoms with Crippen LogP contribution in [0.15, 0.2) is 47.6 Å². The van der Waals surface area contributed by atoms with Crippen molar-refractivity contribution < 1.29 is 4.39 Å². The van der Waals surface area contributed by atoms with Gasteiger partial charge in [-0.3, -0.25) is 0 Å². The summed E-state index contributed by atoms with van der Waals surface area (Å²) < 4.78 is 14.9. The second kappa shape index (κ2) is 6.62. The van der Waals surface area contributed by atoms with E-state index in [1.807, 2.05) is 0 Å². The van der Waals surface area contributed by atoms with Crippen molar-refractivity contribution in [2.45, 2.75) is 0 Å². The van der Waals surface area contributed by atoms with Crippen molar-refractivity contribution in [2.24, 2.45) is 5.10 Å². The summed E-state index contributed by atoms with van der Waals surface area (Å²) in [7, 11) is 0. The lowest BCUT2D eigenvalue weighted by Gasteiger charge is -2.04. The molecule has 1 N–H and O–H groups in total. The van der Waals surface area contributed by atoms with E-state index >= 15 is 0 Å². The molecule has 3 rings (SSSR count). The van der Waals surface area contributed by atoms with Crippen LogP contribution in [0.5, 0.6) is 0 Å². The molecule has 0 bridgehead atoms. The fraction of sp³-hybridized carbons (Fsp3) is 0. The number of aromatic nitrogens is 3. The minimum absolute atomic E-state index is 0.290. The van der Waals surface area contributed by atoms with Crippen LogP contribution >= 0.6 is 35.4 Å². The highest BCUT2D eigenvalue weighted by Gasteiger charge is 2.12. The number of aromatic amines is 1. The molecule has 0 spiro atoms. The molecular weight excluding hydrogens is 358 g/mol. The first-order valence-electron chi connectivity index (χ1n) is 6.47. The van der Waals surface area contributed by atoms with E-state index in [9.17, 15) is 4.39 Å². The lowest BCUT2D eigenvalue weighted by molar-refractivity contribution is 0.627. The summed E-state index contributed by atoms with van der Waals surface area (Å²) in [5.74, 6) is 0.0926. The van der Waals surface area contributed by atoms with Crippen LogP contribution in [-0.2, 0) is 0 Å². The van der Waals surface area contributed by atoms with Crippen molar-refractivity contribution in [3.8, 4) is 11.4 Å². The van der Waals surface area contributed by atoms with Crippen LogP contribution in [0.1, 0.15) is 5.56 Å². The Bertz CT molecular complexity index is 949. The predicted molar refractivity (Wildman–Crippen MR) is 92.3 cm³/mol. The van der Waals surface area contributed by atoms with Crippen LogP contribution in [0.4, 0.5) is 4.39 Å². The van der Waals surface area contributed by atoms with Crippen LogP contribution in [0.25, 0.3) is 11.4 Å². The van der Waals surface area contributed by atoms with Gasteiger partial charge in [0.15, 0.2) is 5.82 Å². The van der Waals surface area contributed by atoms with E-state index in [2.05, 4.69) is 15.3 Å². The first-order chi connectivity index (χ1) is 11.0. The summed E-state index contributed by atoms with van der Waals surface area (Å²) in [6.45, 7) is 0. The molecule has 8 heteroatoms. The van der Waals surface area contributed by atoms with Gasteiger partial charge in [0.1, 0.15) is 5.82 Å². The van der Waals surface area contributed by atoms with Gasteiger partial charge in [-0.25, -0.2) is 9.49 Å². The van der Waals surface area contributed by atoms with Crippen LogP contribution in [0, 0.1) is 10.6 Å². The minimum Gasteiger partial charge on any atom is -0.250 e. The first-order valence-corrected chi connectivity index (χ1v) is 7.64. The highest BCUT2D eigenvalue weighted by Crippen LogP contribution is 2.29. The molecule has 1 heterocycles. The Hall–Kier alpha value is -2.02. The van der Waals surface area contributed by atoms with Gasteiger partial charge < -0.3 is 0 Å². The SMILES string of the molecule is Fc1cccc(/C=N\n2c(-c3ccc(Cl)cc3Cl)n[nH]c2=S)c1. The lowest BCUT2D eigenvalue weighted by atomic mass is 10.2. The first kappa shape index (κ1) is 15.9. The molecule has 0 radical (unpaired) electrons. The molecule has 4 nitrogen and oxygen atoms in total. The number of halogens is 3. The molecule has 3 aromatic rings. The molecule has 0 aliphatic rings. The molecule has 116 valence electrons. The molecule has 0 fully saturated rings. The van der Waals surface area contributed by atoms with Gasteiger partial charge in [0, 0.05) is 10.6 Å². The zero-order valence-electron chi connectivity index (χ0n) is 11.5. The summed E-state index contributed by atoms with van der Waals surface area (Å²) in [5, 5.41) is 12.0. The normalized spacial score (nSPS) is 11.3. The molecule has 1 aromatic heterocycles. The van der Waals surface area contributed by atoms with Crippen molar-refractivity contribution in [3.63, 3.8) is 0 Å². The zero-order valence-corrected chi connectivity index (χ0v) is 13.8. The van der Waals surface area contributed by atoms with Crippen molar-refractivity contribution in [1.82, 2.24) is 14.9 Å². The van der Waals surface area contributed by atoms with E-state index in [1.54, 1.807) is 30.3 Å². The predicted octanol–water partition coefficient (Wildman–Crippen LogP) is 4.94. The number of H-pyrrole nitrogens is 1. The zero-order chi connectivity index (χ0) is 16.4. The third-order valence-electron chi connectivity index (χ3n) is 2.99. The van der Waals surface area contributed by atoms with Gasteiger partial charge in [0.25, 0.3) is 0 Å². The third kappa shape index (κ3) is 3.50. The van der Waals surface area contributed by atoms with E-state index in [4.69, 9.17) is 35.4 Å². The maximum Gasteiger partial charge on any atom is 0.216 e. The van der Waals surface area contributed by atoms with Crippen molar-refractivity contribution >= 4 is 41.6 Å².